The third-order valence-electron chi connectivity index (χ3n) is 2.21. The van der Waals surface area contributed by atoms with Crippen LogP contribution in [0.2, 0.25) is 0 Å². The molecule has 1 atom stereocenters. The summed E-state index contributed by atoms with van der Waals surface area (Å²) in [5.41, 5.74) is 5.29. The van der Waals surface area contributed by atoms with Crippen LogP contribution in [0, 0.1) is 15.9 Å². The van der Waals surface area contributed by atoms with E-state index in [2.05, 4.69) is 4.74 Å². The monoisotopic (exact) mass is 278 g/mol. The average Bonchev–Trinajstić information content (AvgIpc) is 2.28. The molecule has 100 valence electrons. The third-order valence-corrected chi connectivity index (χ3v) is 2.21. The van der Waals surface area contributed by atoms with Crippen LogP contribution in [-0.4, -0.2) is 18.0 Å². The molecule has 0 heterocycles. The van der Waals surface area contributed by atoms with Gasteiger partial charge >= 0.3 is 11.7 Å². The lowest BCUT2D eigenvalue weighted by Crippen LogP contribution is -2.16. The number of methoxy groups -OCH3 is 1. The van der Waals surface area contributed by atoms with Gasteiger partial charge in [-0.3, -0.25) is 14.9 Å². The fourth-order valence-electron chi connectivity index (χ4n) is 1.28. The molecular weight excluding hydrogens is 267 g/mol. The zero-order chi connectivity index (χ0) is 13.0. The molecule has 0 saturated carbocycles. The number of carbonyl (C=O) groups excluding carboxylic acids is 1. The molecule has 1 aromatic carbocycles. The number of benzene rings is 1. The highest BCUT2D eigenvalue weighted by Crippen LogP contribution is 2.23. The minimum Gasteiger partial charge on any atom is -0.469 e. The molecule has 8 heteroatoms. The van der Waals surface area contributed by atoms with E-state index in [1.54, 1.807) is 0 Å². The van der Waals surface area contributed by atoms with Crippen molar-refractivity contribution in [2.45, 2.75) is 12.5 Å². The van der Waals surface area contributed by atoms with Crippen LogP contribution in [0.4, 0.5) is 10.1 Å². The van der Waals surface area contributed by atoms with Crippen LogP contribution in [0.25, 0.3) is 0 Å². The molecular formula is C10H12ClFN2O4. The highest BCUT2D eigenvalue weighted by molar-refractivity contribution is 5.85. The molecule has 0 aromatic heterocycles. The lowest BCUT2D eigenvalue weighted by atomic mass is 10.0. The van der Waals surface area contributed by atoms with E-state index in [0.717, 1.165) is 12.1 Å². The van der Waals surface area contributed by atoms with Gasteiger partial charge in [0.1, 0.15) is 0 Å². The van der Waals surface area contributed by atoms with E-state index in [-0.39, 0.29) is 18.8 Å². The fourth-order valence-corrected chi connectivity index (χ4v) is 1.28. The number of hydrogen-bond donors (Lipinski definition) is 1. The Bertz CT molecular complexity index is 456. The van der Waals surface area contributed by atoms with Crippen LogP contribution in [-0.2, 0) is 9.53 Å². The number of carbonyl (C=O) groups is 1. The molecule has 1 rings (SSSR count). The van der Waals surface area contributed by atoms with Gasteiger partial charge in [-0.15, -0.1) is 12.4 Å². The van der Waals surface area contributed by atoms with Gasteiger partial charge in [-0.05, 0) is 11.6 Å². The lowest BCUT2D eigenvalue weighted by Gasteiger charge is -2.10. The van der Waals surface area contributed by atoms with Crippen LogP contribution in [0.1, 0.15) is 18.0 Å². The van der Waals surface area contributed by atoms with Gasteiger partial charge in [0, 0.05) is 12.1 Å². The number of nitrogens with zero attached hydrogens (tertiary/aromatic N) is 1. The van der Waals surface area contributed by atoms with Crippen molar-refractivity contribution >= 4 is 24.1 Å². The van der Waals surface area contributed by atoms with Gasteiger partial charge < -0.3 is 10.5 Å². The standard InChI is InChI=1S/C10H11FN2O4.ClH/c1-17-10(14)5-8(12)6-2-3-7(11)9(4-6)13(15)16;/h2-4,8H,5,12H2,1H3;1H/t8-;/m1./s1. The van der Waals surface area contributed by atoms with E-state index in [1.807, 2.05) is 0 Å². The number of rotatable bonds is 4. The van der Waals surface area contributed by atoms with Crippen molar-refractivity contribution in [3.05, 3.63) is 39.7 Å². The zero-order valence-electron chi connectivity index (χ0n) is 9.46. The van der Waals surface area contributed by atoms with E-state index in [4.69, 9.17) is 5.73 Å². The Labute approximate surface area is 108 Å². The number of nitro groups is 1. The predicted octanol–water partition coefficient (Wildman–Crippen LogP) is 1.72. The van der Waals surface area contributed by atoms with Crippen molar-refractivity contribution in [1.82, 2.24) is 0 Å². The van der Waals surface area contributed by atoms with Crippen LogP contribution < -0.4 is 5.73 Å². The SMILES string of the molecule is COC(=O)C[C@@H](N)c1ccc(F)c([N+](=O)[O-])c1.Cl. The molecule has 6 nitrogen and oxygen atoms in total. The number of nitro benzene ring substituents is 1. The summed E-state index contributed by atoms with van der Waals surface area (Å²) in [4.78, 5) is 20.6. The van der Waals surface area contributed by atoms with E-state index >= 15 is 0 Å². The molecule has 0 amide bonds. The minimum atomic E-state index is -0.941. The largest absolute Gasteiger partial charge is 0.469 e. The van der Waals surface area contributed by atoms with Crippen LogP contribution in [0.15, 0.2) is 18.2 Å². The van der Waals surface area contributed by atoms with Gasteiger partial charge in [-0.2, -0.15) is 4.39 Å². The molecule has 0 aliphatic carbocycles. The summed E-state index contributed by atoms with van der Waals surface area (Å²) < 4.78 is 17.5. The maximum Gasteiger partial charge on any atom is 0.307 e. The molecule has 0 aliphatic rings. The van der Waals surface area contributed by atoms with E-state index in [0.29, 0.717) is 5.56 Å². The Balaban J connectivity index is 0.00000289. The van der Waals surface area contributed by atoms with Crippen molar-refractivity contribution in [2.75, 3.05) is 7.11 Å². The normalized spacial score (nSPS) is 11.3. The lowest BCUT2D eigenvalue weighted by molar-refractivity contribution is -0.387. The smallest absolute Gasteiger partial charge is 0.307 e. The second-order valence-corrected chi connectivity index (χ2v) is 3.35. The first-order chi connectivity index (χ1) is 7.95. The Morgan fingerprint density at radius 2 is 2.22 bits per heavy atom. The Kier molecular flexibility index (Phi) is 6.21. The van der Waals surface area contributed by atoms with Crippen molar-refractivity contribution in [1.29, 1.82) is 0 Å². The molecule has 1 aromatic rings. The topological polar surface area (TPSA) is 95.5 Å². The molecule has 0 bridgehead atoms. The molecule has 18 heavy (non-hydrogen) atoms. The molecule has 0 spiro atoms. The highest BCUT2D eigenvalue weighted by Gasteiger charge is 2.18. The highest BCUT2D eigenvalue weighted by atomic mass is 35.5. The molecule has 2 N–H and O–H groups in total. The van der Waals surface area contributed by atoms with Crippen molar-refractivity contribution < 1.29 is 18.8 Å². The number of esters is 1. The maximum absolute atomic E-state index is 13.0. The quantitative estimate of drug-likeness (QED) is 0.514. The summed E-state index contributed by atoms with van der Waals surface area (Å²) in [5, 5.41) is 10.5. The van der Waals surface area contributed by atoms with Crippen molar-refractivity contribution in [3.63, 3.8) is 0 Å². The van der Waals surface area contributed by atoms with Crippen molar-refractivity contribution in [3.8, 4) is 0 Å². The van der Waals surface area contributed by atoms with Crippen molar-refractivity contribution in [2.24, 2.45) is 5.73 Å². The first-order valence-corrected chi connectivity index (χ1v) is 4.72. The van der Waals surface area contributed by atoms with E-state index < -0.39 is 28.4 Å². The number of halogens is 2. The van der Waals surface area contributed by atoms with Gasteiger partial charge in [0.2, 0.25) is 5.82 Å². The average molecular weight is 279 g/mol. The number of hydrogen-bond acceptors (Lipinski definition) is 5. The summed E-state index contributed by atoms with van der Waals surface area (Å²) >= 11 is 0. The third kappa shape index (κ3) is 3.94. The van der Waals surface area contributed by atoms with Gasteiger partial charge in [0.05, 0.1) is 18.5 Å². The second-order valence-electron chi connectivity index (χ2n) is 3.35. The summed E-state index contributed by atoms with van der Waals surface area (Å²) in [6.45, 7) is 0. The minimum absolute atomic E-state index is 0. The molecule has 0 radical (unpaired) electrons. The molecule has 0 aliphatic heterocycles. The van der Waals surface area contributed by atoms with E-state index in [9.17, 15) is 19.3 Å². The van der Waals surface area contributed by atoms with Crippen LogP contribution in [0.5, 0.6) is 0 Å². The van der Waals surface area contributed by atoms with Gasteiger partial charge in [0.15, 0.2) is 0 Å². The number of nitrogens with two attached hydrogens (primary N) is 1. The predicted molar refractivity (Wildman–Crippen MR) is 63.9 cm³/mol. The summed E-state index contributed by atoms with van der Waals surface area (Å²) in [7, 11) is 1.21. The maximum atomic E-state index is 13.0. The summed E-state index contributed by atoms with van der Waals surface area (Å²) in [6.07, 6.45) is -0.126. The van der Waals surface area contributed by atoms with Gasteiger partial charge in [-0.1, -0.05) is 6.07 Å². The molecule has 0 fully saturated rings. The number of ether oxygens (including phenoxy) is 1. The summed E-state index contributed by atoms with van der Waals surface area (Å²) in [5.74, 6) is -1.48. The van der Waals surface area contributed by atoms with Crippen LogP contribution >= 0.6 is 12.4 Å². The Hall–Kier alpha value is -1.73. The first kappa shape index (κ1) is 16.3. The first-order valence-electron chi connectivity index (χ1n) is 4.72. The zero-order valence-corrected chi connectivity index (χ0v) is 10.3. The van der Waals surface area contributed by atoms with Gasteiger partial charge in [0.25, 0.3) is 0 Å². The fraction of sp³-hybridized carbons (Fsp3) is 0.300. The Morgan fingerprint density at radius 3 is 2.72 bits per heavy atom. The second kappa shape index (κ2) is 6.87. The Morgan fingerprint density at radius 1 is 1.61 bits per heavy atom. The van der Waals surface area contributed by atoms with Gasteiger partial charge in [-0.25, -0.2) is 0 Å². The van der Waals surface area contributed by atoms with E-state index in [1.165, 1.54) is 13.2 Å². The molecule has 0 unspecified atom stereocenters. The van der Waals surface area contributed by atoms with Crippen LogP contribution in [0.3, 0.4) is 0 Å². The summed E-state index contributed by atoms with van der Waals surface area (Å²) in [6, 6.07) is 2.51. The molecule has 0 saturated heterocycles.